The molecular formula is C18H24N2O5S. The summed E-state index contributed by atoms with van der Waals surface area (Å²) >= 11 is 5.22. The third kappa shape index (κ3) is 4.86. The molecule has 0 bridgehead atoms. The number of rotatable bonds is 8. The van der Waals surface area contributed by atoms with Crippen LogP contribution in [0.15, 0.2) is 29.5 Å². The minimum Gasteiger partial charge on any atom is -0.504 e. The molecule has 1 aromatic rings. The first kappa shape index (κ1) is 20.0. The van der Waals surface area contributed by atoms with Crippen molar-refractivity contribution in [2.45, 2.75) is 26.8 Å². The normalized spacial score (nSPS) is 16.7. The Morgan fingerprint density at radius 2 is 2.04 bits per heavy atom. The van der Waals surface area contributed by atoms with Gasteiger partial charge in [0.25, 0.3) is 0 Å². The molecule has 26 heavy (non-hydrogen) atoms. The molecule has 1 atom stereocenters. The Kier molecular flexibility index (Phi) is 7.23. The van der Waals surface area contributed by atoms with E-state index in [0.29, 0.717) is 42.0 Å². The summed E-state index contributed by atoms with van der Waals surface area (Å²) in [6.45, 7) is 6.95. The number of phenols is 1. The molecule has 0 saturated carbocycles. The first-order chi connectivity index (χ1) is 12.5. The number of carbonyl (C=O) groups excluding carboxylic acids is 1. The molecule has 0 spiro atoms. The van der Waals surface area contributed by atoms with Crippen LogP contribution in [0.25, 0.3) is 0 Å². The molecule has 0 saturated heterocycles. The van der Waals surface area contributed by atoms with Gasteiger partial charge >= 0.3 is 5.97 Å². The largest absolute Gasteiger partial charge is 0.504 e. The van der Waals surface area contributed by atoms with Gasteiger partial charge in [0.1, 0.15) is 6.61 Å². The fourth-order valence-electron chi connectivity index (χ4n) is 2.61. The van der Waals surface area contributed by atoms with Crippen molar-refractivity contribution in [1.29, 1.82) is 0 Å². The monoisotopic (exact) mass is 380 g/mol. The van der Waals surface area contributed by atoms with E-state index in [-0.39, 0.29) is 12.4 Å². The number of allylic oxidation sites excluding steroid dienone is 1. The van der Waals surface area contributed by atoms with Crippen LogP contribution in [-0.2, 0) is 14.3 Å². The van der Waals surface area contributed by atoms with Crippen molar-refractivity contribution in [2.75, 3.05) is 26.4 Å². The predicted octanol–water partition coefficient (Wildman–Crippen LogP) is 2.16. The van der Waals surface area contributed by atoms with E-state index in [1.54, 1.807) is 19.1 Å². The topological polar surface area (TPSA) is 89.1 Å². The summed E-state index contributed by atoms with van der Waals surface area (Å²) in [7, 11) is 0. The molecule has 142 valence electrons. The smallest absolute Gasteiger partial charge is 0.338 e. The van der Waals surface area contributed by atoms with E-state index < -0.39 is 12.0 Å². The third-order valence-corrected chi connectivity index (χ3v) is 3.99. The summed E-state index contributed by atoms with van der Waals surface area (Å²) in [5.74, 6) is -0.0765. The SMILES string of the molecule is CCOCCOC(=O)C1=C(C)NC(=S)NC1c1ccc(O)c(OCC)c1. The maximum absolute atomic E-state index is 12.6. The molecule has 1 heterocycles. The standard InChI is InChI=1S/C18H24N2O5S/c1-4-23-8-9-25-17(22)15-11(3)19-18(26)20-16(15)12-6-7-13(21)14(10-12)24-5-2/h6-7,10,16,21H,4-5,8-9H2,1-3H3,(H2,19,20,26). The summed E-state index contributed by atoms with van der Waals surface area (Å²) in [5, 5.41) is 16.3. The Labute approximate surface area is 158 Å². The highest BCUT2D eigenvalue weighted by molar-refractivity contribution is 7.80. The summed E-state index contributed by atoms with van der Waals surface area (Å²) in [6, 6.07) is 4.42. The van der Waals surface area contributed by atoms with Gasteiger partial charge < -0.3 is 30.0 Å². The first-order valence-electron chi connectivity index (χ1n) is 8.46. The second kappa shape index (κ2) is 9.40. The third-order valence-electron chi connectivity index (χ3n) is 3.77. The maximum atomic E-state index is 12.6. The quantitative estimate of drug-likeness (QED) is 0.359. The molecule has 0 amide bonds. The van der Waals surface area contributed by atoms with Gasteiger partial charge in [0, 0.05) is 12.3 Å². The molecule has 0 aliphatic carbocycles. The lowest BCUT2D eigenvalue weighted by molar-refractivity contribution is -0.141. The van der Waals surface area contributed by atoms with E-state index in [1.807, 2.05) is 13.8 Å². The zero-order valence-electron chi connectivity index (χ0n) is 15.1. The highest BCUT2D eigenvalue weighted by atomic mass is 32.1. The number of nitrogens with one attached hydrogen (secondary N) is 2. The van der Waals surface area contributed by atoms with Crippen LogP contribution in [0.1, 0.15) is 32.4 Å². The Morgan fingerprint density at radius 3 is 2.73 bits per heavy atom. The van der Waals surface area contributed by atoms with Gasteiger partial charge in [-0.1, -0.05) is 6.07 Å². The summed E-state index contributed by atoms with van der Waals surface area (Å²) in [4.78, 5) is 12.6. The lowest BCUT2D eigenvalue weighted by Gasteiger charge is -2.30. The average molecular weight is 380 g/mol. The fraction of sp³-hybridized carbons (Fsp3) is 0.444. The number of benzene rings is 1. The molecule has 0 aromatic heterocycles. The molecule has 1 aliphatic heterocycles. The fourth-order valence-corrected chi connectivity index (χ4v) is 2.88. The highest BCUT2D eigenvalue weighted by Gasteiger charge is 2.31. The van der Waals surface area contributed by atoms with E-state index in [2.05, 4.69) is 10.6 Å². The molecule has 1 aromatic carbocycles. The van der Waals surface area contributed by atoms with Crippen molar-refractivity contribution in [2.24, 2.45) is 0 Å². The van der Waals surface area contributed by atoms with Gasteiger partial charge in [-0.05, 0) is 50.7 Å². The van der Waals surface area contributed by atoms with E-state index in [1.165, 1.54) is 6.07 Å². The zero-order valence-corrected chi connectivity index (χ0v) is 15.9. The van der Waals surface area contributed by atoms with Crippen molar-refractivity contribution < 1.29 is 24.1 Å². The number of thiocarbonyl (C=S) groups is 1. The van der Waals surface area contributed by atoms with Crippen LogP contribution in [0.3, 0.4) is 0 Å². The maximum Gasteiger partial charge on any atom is 0.338 e. The van der Waals surface area contributed by atoms with Gasteiger partial charge in [-0.15, -0.1) is 0 Å². The summed E-state index contributed by atoms with van der Waals surface area (Å²) in [5.41, 5.74) is 1.76. The minimum atomic E-state index is -0.511. The second-order valence-electron chi connectivity index (χ2n) is 5.56. The van der Waals surface area contributed by atoms with Gasteiger partial charge in [0.15, 0.2) is 16.6 Å². The Bertz CT molecular complexity index is 705. The van der Waals surface area contributed by atoms with Gasteiger partial charge in [0.2, 0.25) is 0 Å². The van der Waals surface area contributed by atoms with Crippen LogP contribution >= 0.6 is 12.2 Å². The molecule has 1 aliphatic rings. The number of carbonyl (C=O) groups is 1. The molecule has 0 radical (unpaired) electrons. The van der Waals surface area contributed by atoms with Gasteiger partial charge in [0.05, 0.1) is 24.8 Å². The van der Waals surface area contributed by atoms with Crippen LogP contribution in [0.4, 0.5) is 0 Å². The zero-order chi connectivity index (χ0) is 19.1. The van der Waals surface area contributed by atoms with E-state index in [4.69, 9.17) is 26.4 Å². The van der Waals surface area contributed by atoms with E-state index in [9.17, 15) is 9.90 Å². The predicted molar refractivity (Wildman–Crippen MR) is 101 cm³/mol. The molecule has 3 N–H and O–H groups in total. The molecule has 2 rings (SSSR count). The van der Waals surface area contributed by atoms with Gasteiger partial charge in [-0.25, -0.2) is 4.79 Å². The lowest BCUT2D eigenvalue weighted by Crippen LogP contribution is -2.45. The van der Waals surface area contributed by atoms with Gasteiger partial charge in [-0.3, -0.25) is 0 Å². The molecule has 7 nitrogen and oxygen atoms in total. The summed E-state index contributed by atoms with van der Waals surface area (Å²) < 4.78 is 15.9. The van der Waals surface area contributed by atoms with Crippen molar-refractivity contribution in [3.05, 3.63) is 35.0 Å². The van der Waals surface area contributed by atoms with E-state index in [0.717, 1.165) is 5.56 Å². The van der Waals surface area contributed by atoms with Crippen molar-refractivity contribution in [3.63, 3.8) is 0 Å². The minimum absolute atomic E-state index is 0.0358. The highest BCUT2D eigenvalue weighted by Crippen LogP contribution is 2.34. The molecule has 0 fully saturated rings. The Hall–Kier alpha value is -2.32. The van der Waals surface area contributed by atoms with Crippen LogP contribution in [0.2, 0.25) is 0 Å². The van der Waals surface area contributed by atoms with Crippen molar-refractivity contribution in [3.8, 4) is 11.5 Å². The molecule has 8 heteroatoms. The lowest BCUT2D eigenvalue weighted by atomic mass is 9.95. The first-order valence-corrected chi connectivity index (χ1v) is 8.87. The second-order valence-corrected chi connectivity index (χ2v) is 5.97. The number of esters is 1. The van der Waals surface area contributed by atoms with Crippen LogP contribution < -0.4 is 15.4 Å². The average Bonchev–Trinajstić information content (AvgIpc) is 2.60. The van der Waals surface area contributed by atoms with Crippen molar-refractivity contribution in [1.82, 2.24) is 10.6 Å². The van der Waals surface area contributed by atoms with Gasteiger partial charge in [-0.2, -0.15) is 0 Å². The van der Waals surface area contributed by atoms with Crippen molar-refractivity contribution >= 4 is 23.3 Å². The number of ether oxygens (including phenoxy) is 3. The molecule has 1 unspecified atom stereocenters. The Morgan fingerprint density at radius 1 is 1.27 bits per heavy atom. The molecular weight excluding hydrogens is 356 g/mol. The number of hydrogen-bond donors (Lipinski definition) is 3. The number of aromatic hydroxyl groups is 1. The number of phenolic OH excluding ortho intramolecular Hbond substituents is 1. The Balaban J connectivity index is 2.29. The number of hydrogen-bond acceptors (Lipinski definition) is 6. The van der Waals surface area contributed by atoms with Crippen LogP contribution in [-0.4, -0.2) is 42.6 Å². The van der Waals surface area contributed by atoms with Crippen LogP contribution in [0, 0.1) is 0 Å². The van der Waals surface area contributed by atoms with E-state index >= 15 is 0 Å². The summed E-state index contributed by atoms with van der Waals surface area (Å²) in [6.07, 6.45) is 0. The van der Waals surface area contributed by atoms with Crippen LogP contribution in [0.5, 0.6) is 11.5 Å².